The minimum absolute atomic E-state index is 0.00125. The van der Waals surface area contributed by atoms with Crippen LogP contribution in [0.5, 0.6) is 0 Å². The van der Waals surface area contributed by atoms with E-state index in [2.05, 4.69) is 10.6 Å². The molecule has 0 aliphatic rings. The normalized spacial score (nSPS) is 11.1. The molecule has 160 valence electrons. The van der Waals surface area contributed by atoms with Crippen LogP contribution in [0.4, 0.5) is 24.5 Å². The molecule has 2 N–H and O–H groups in total. The number of thiophene rings is 1. The van der Waals surface area contributed by atoms with E-state index >= 15 is 0 Å². The zero-order valence-electron chi connectivity index (χ0n) is 16.0. The van der Waals surface area contributed by atoms with Crippen LogP contribution in [0.25, 0.3) is 0 Å². The first-order chi connectivity index (χ1) is 14.7. The molecule has 0 unspecified atom stereocenters. The molecule has 3 aromatic rings. The van der Waals surface area contributed by atoms with Gasteiger partial charge >= 0.3 is 6.18 Å². The lowest BCUT2D eigenvalue weighted by Crippen LogP contribution is -2.15. The predicted octanol–water partition coefficient (Wildman–Crippen LogP) is 5.62. The van der Waals surface area contributed by atoms with Gasteiger partial charge in [-0.25, -0.2) is 0 Å². The summed E-state index contributed by atoms with van der Waals surface area (Å²) in [6.07, 6.45) is -4.48. The third-order valence-corrected chi connectivity index (χ3v) is 5.14. The highest BCUT2D eigenvalue weighted by atomic mass is 32.1. The second-order valence-corrected chi connectivity index (χ2v) is 7.51. The number of halogens is 3. The summed E-state index contributed by atoms with van der Waals surface area (Å²) >= 11 is 1.31. The Morgan fingerprint density at radius 2 is 1.55 bits per heavy atom. The van der Waals surface area contributed by atoms with Gasteiger partial charge in [-0.15, -0.1) is 11.3 Å². The number of carbonyl (C=O) groups is 3. The lowest BCUT2D eigenvalue weighted by molar-refractivity contribution is -0.137. The van der Waals surface area contributed by atoms with Crippen LogP contribution in [0.15, 0.2) is 66.0 Å². The van der Waals surface area contributed by atoms with Crippen molar-refractivity contribution in [2.24, 2.45) is 0 Å². The Bertz CT molecular complexity index is 1100. The number of hydrogen-bond acceptors (Lipinski definition) is 4. The fraction of sp³-hybridized carbons (Fsp3) is 0.136. The first-order valence-corrected chi connectivity index (χ1v) is 10.1. The first kappa shape index (κ1) is 22.2. The molecule has 1 aromatic heterocycles. The molecule has 0 fully saturated rings. The lowest BCUT2D eigenvalue weighted by Gasteiger charge is -2.11. The van der Waals surface area contributed by atoms with Crippen molar-refractivity contribution < 1.29 is 27.6 Å². The number of nitrogens with one attached hydrogen (secondary N) is 2. The minimum atomic E-state index is -4.52. The minimum Gasteiger partial charge on any atom is -0.326 e. The number of benzene rings is 2. The first-order valence-electron chi connectivity index (χ1n) is 9.17. The van der Waals surface area contributed by atoms with Crippen LogP contribution in [0.3, 0.4) is 0 Å². The number of hydrogen-bond donors (Lipinski definition) is 2. The molecular formula is C22H17F3N2O3S. The molecule has 0 radical (unpaired) electrons. The quantitative estimate of drug-likeness (QED) is 0.463. The Morgan fingerprint density at radius 3 is 2.23 bits per heavy atom. The van der Waals surface area contributed by atoms with Crippen molar-refractivity contribution in [3.63, 3.8) is 0 Å². The average molecular weight is 446 g/mol. The topological polar surface area (TPSA) is 75.3 Å². The highest BCUT2D eigenvalue weighted by Crippen LogP contribution is 2.30. The van der Waals surface area contributed by atoms with Crippen molar-refractivity contribution in [2.45, 2.75) is 19.0 Å². The van der Waals surface area contributed by atoms with E-state index in [1.54, 1.807) is 23.6 Å². The van der Waals surface area contributed by atoms with Gasteiger partial charge in [0.2, 0.25) is 5.91 Å². The molecule has 0 bridgehead atoms. The summed E-state index contributed by atoms with van der Waals surface area (Å²) in [6, 6.07) is 13.7. The van der Waals surface area contributed by atoms with Crippen molar-refractivity contribution in [1.29, 1.82) is 0 Å². The zero-order chi connectivity index (χ0) is 22.4. The Hall–Kier alpha value is -3.46. The molecule has 2 amide bonds. The molecule has 9 heteroatoms. The van der Waals surface area contributed by atoms with Crippen LogP contribution >= 0.6 is 11.3 Å². The molecule has 0 atom stereocenters. The summed E-state index contributed by atoms with van der Waals surface area (Å²) in [5.74, 6) is -1.14. The van der Waals surface area contributed by atoms with Gasteiger partial charge in [-0.2, -0.15) is 13.2 Å². The van der Waals surface area contributed by atoms with E-state index in [9.17, 15) is 27.6 Å². The van der Waals surface area contributed by atoms with Gasteiger partial charge in [0.1, 0.15) is 0 Å². The maximum atomic E-state index is 12.8. The van der Waals surface area contributed by atoms with E-state index in [1.807, 2.05) is 0 Å². The Kier molecular flexibility index (Phi) is 6.86. The number of amides is 2. The fourth-order valence-electron chi connectivity index (χ4n) is 2.73. The maximum absolute atomic E-state index is 12.8. The molecule has 0 saturated heterocycles. The standard InChI is InChI=1S/C22H17F3N2O3S/c23-22(24,25)15-5-2-7-17(13-15)27-21(30)14-4-1-6-16(12-14)26-20(29)10-9-18(28)19-8-3-11-31-19/h1-8,11-13H,9-10H2,(H,26,29)(H,27,30). The summed E-state index contributed by atoms with van der Waals surface area (Å²) in [4.78, 5) is 37.1. The van der Waals surface area contributed by atoms with Crippen LogP contribution in [0.1, 0.15) is 38.4 Å². The molecule has 0 spiro atoms. The molecule has 31 heavy (non-hydrogen) atoms. The Balaban J connectivity index is 1.60. The number of carbonyl (C=O) groups excluding carboxylic acids is 3. The van der Waals surface area contributed by atoms with E-state index < -0.39 is 17.6 Å². The maximum Gasteiger partial charge on any atom is 0.416 e. The number of anilines is 2. The summed E-state index contributed by atoms with van der Waals surface area (Å²) < 4.78 is 38.5. The third-order valence-electron chi connectivity index (χ3n) is 4.23. The van der Waals surface area contributed by atoms with E-state index in [0.717, 1.165) is 12.1 Å². The van der Waals surface area contributed by atoms with Crippen molar-refractivity contribution in [1.82, 2.24) is 0 Å². The highest BCUT2D eigenvalue weighted by molar-refractivity contribution is 7.12. The highest BCUT2D eigenvalue weighted by Gasteiger charge is 2.30. The van der Waals surface area contributed by atoms with Crippen molar-refractivity contribution in [3.05, 3.63) is 82.0 Å². The second kappa shape index (κ2) is 9.57. The van der Waals surface area contributed by atoms with Crippen LogP contribution in [-0.4, -0.2) is 17.6 Å². The lowest BCUT2D eigenvalue weighted by atomic mass is 10.1. The molecular weight excluding hydrogens is 429 g/mol. The van der Waals surface area contributed by atoms with Crippen LogP contribution in [0.2, 0.25) is 0 Å². The smallest absolute Gasteiger partial charge is 0.326 e. The van der Waals surface area contributed by atoms with Gasteiger partial charge in [0.05, 0.1) is 10.4 Å². The van der Waals surface area contributed by atoms with Gasteiger partial charge in [-0.3, -0.25) is 14.4 Å². The summed E-state index contributed by atoms with van der Waals surface area (Å²) in [7, 11) is 0. The monoisotopic (exact) mass is 446 g/mol. The summed E-state index contributed by atoms with van der Waals surface area (Å²) in [5, 5.41) is 6.81. The molecule has 0 saturated carbocycles. The molecule has 5 nitrogen and oxygen atoms in total. The van der Waals surface area contributed by atoms with E-state index in [4.69, 9.17) is 0 Å². The van der Waals surface area contributed by atoms with Gasteiger partial charge in [-0.05, 0) is 47.8 Å². The molecule has 0 aliphatic heterocycles. The van der Waals surface area contributed by atoms with Gasteiger partial charge in [-0.1, -0.05) is 18.2 Å². The molecule has 0 aliphatic carbocycles. The number of alkyl halides is 3. The molecule has 3 rings (SSSR count). The van der Waals surface area contributed by atoms with Crippen molar-refractivity contribution in [2.75, 3.05) is 10.6 Å². The molecule has 2 aromatic carbocycles. The second-order valence-electron chi connectivity index (χ2n) is 6.56. The van der Waals surface area contributed by atoms with Gasteiger partial charge in [0.15, 0.2) is 5.78 Å². The largest absolute Gasteiger partial charge is 0.416 e. The summed E-state index contributed by atoms with van der Waals surface area (Å²) in [6.45, 7) is 0. The van der Waals surface area contributed by atoms with Crippen LogP contribution < -0.4 is 10.6 Å². The number of Topliss-reactive ketones (excluding diaryl/α,β-unsaturated/α-hetero) is 1. The van der Waals surface area contributed by atoms with Crippen LogP contribution in [-0.2, 0) is 11.0 Å². The molecule has 1 heterocycles. The zero-order valence-corrected chi connectivity index (χ0v) is 16.8. The fourth-order valence-corrected chi connectivity index (χ4v) is 3.42. The van der Waals surface area contributed by atoms with Gasteiger partial charge in [0.25, 0.3) is 5.91 Å². The summed E-state index contributed by atoms with van der Waals surface area (Å²) in [5.41, 5.74) is -0.375. The SMILES string of the molecule is O=C(CCC(=O)c1cccs1)Nc1cccc(C(=O)Nc2cccc(C(F)(F)F)c2)c1. The van der Waals surface area contributed by atoms with E-state index in [1.165, 1.54) is 41.7 Å². The number of ketones is 1. The van der Waals surface area contributed by atoms with Gasteiger partial charge in [0, 0.05) is 29.8 Å². The number of rotatable bonds is 7. The van der Waals surface area contributed by atoms with Crippen molar-refractivity contribution in [3.8, 4) is 0 Å². The van der Waals surface area contributed by atoms with Crippen molar-refractivity contribution >= 4 is 40.3 Å². The van der Waals surface area contributed by atoms with E-state index in [0.29, 0.717) is 10.6 Å². The predicted molar refractivity (Wildman–Crippen MR) is 112 cm³/mol. The Morgan fingerprint density at radius 1 is 0.839 bits per heavy atom. The third kappa shape index (κ3) is 6.26. The van der Waals surface area contributed by atoms with Crippen LogP contribution in [0, 0.1) is 0 Å². The van der Waals surface area contributed by atoms with E-state index in [-0.39, 0.29) is 35.8 Å². The average Bonchev–Trinajstić information content (AvgIpc) is 3.27. The Labute approximate surface area is 179 Å². The van der Waals surface area contributed by atoms with Gasteiger partial charge < -0.3 is 10.6 Å².